The summed E-state index contributed by atoms with van der Waals surface area (Å²) in [4.78, 5) is 12.7. The van der Waals surface area contributed by atoms with Gasteiger partial charge in [0.15, 0.2) is 0 Å². The van der Waals surface area contributed by atoms with E-state index in [2.05, 4.69) is 4.90 Å². The van der Waals surface area contributed by atoms with Gasteiger partial charge in [0, 0.05) is 18.2 Å². The molecule has 1 aromatic carbocycles. The van der Waals surface area contributed by atoms with Crippen LogP contribution in [0, 0.1) is 0 Å². The molecule has 92 valence electrons. The second kappa shape index (κ2) is 6.06. The van der Waals surface area contributed by atoms with E-state index in [9.17, 15) is 4.79 Å². The Morgan fingerprint density at radius 1 is 1.47 bits per heavy atom. The number of nitrogens with zero attached hydrogens (tertiary/aromatic N) is 1. The molecule has 4 nitrogen and oxygen atoms in total. The van der Waals surface area contributed by atoms with Gasteiger partial charge in [0.25, 0.3) is 0 Å². The molecule has 0 aliphatic heterocycles. The average Bonchev–Trinajstić information content (AvgIpc) is 2.25. The summed E-state index contributed by atoms with van der Waals surface area (Å²) in [6.45, 7) is 0.779. The largest absolute Gasteiger partial charge is 0.496 e. The molecule has 0 atom stereocenters. The average molecular weight is 234 g/mol. The molecule has 1 amide bonds. The van der Waals surface area contributed by atoms with Crippen molar-refractivity contribution in [2.45, 2.75) is 6.54 Å². The standard InChI is InChI=1S/C13H18N2O2/c1-15(2)9-11-8-10(5-7-13(14)16)4-6-12(11)17-3/h4-8H,9H2,1-3H3,(H2,14,16)/b7-5-. The van der Waals surface area contributed by atoms with Gasteiger partial charge in [-0.3, -0.25) is 4.79 Å². The number of rotatable bonds is 5. The first kappa shape index (κ1) is 13.3. The number of amides is 1. The lowest BCUT2D eigenvalue weighted by atomic mass is 10.1. The fourth-order valence-corrected chi connectivity index (χ4v) is 1.54. The van der Waals surface area contributed by atoms with Crippen molar-refractivity contribution in [1.82, 2.24) is 4.90 Å². The van der Waals surface area contributed by atoms with Crippen molar-refractivity contribution in [3.05, 3.63) is 35.4 Å². The molecule has 0 saturated heterocycles. The van der Waals surface area contributed by atoms with E-state index in [0.29, 0.717) is 0 Å². The second-order valence-electron chi connectivity index (χ2n) is 4.04. The van der Waals surface area contributed by atoms with Gasteiger partial charge in [-0.15, -0.1) is 0 Å². The molecule has 1 aromatic rings. The third-order valence-electron chi connectivity index (χ3n) is 2.23. The molecule has 17 heavy (non-hydrogen) atoms. The van der Waals surface area contributed by atoms with Crippen molar-refractivity contribution >= 4 is 12.0 Å². The second-order valence-corrected chi connectivity index (χ2v) is 4.04. The van der Waals surface area contributed by atoms with E-state index in [0.717, 1.165) is 23.4 Å². The highest BCUT2D eigenvalue weighted by Gasteiger charge is 2.04. The Kier molecular flexibility index (Phi) is 4.72. The van der Waals surface area contributed by atoms with E-state index in [1.54, 1.807) is 13.2 Å². The lowest BCUT2D eigenvalue weighted by molar-refractivity contribution is -0.113. The molecule has 0 spiro atoms. The fourth-order valence-electron chi connectivity index (χ4n) is 1.54. The molecule has 0 aromatic heterocycles. The van der Waals surface area contributed by atoms with E-state index in [-0.39, 0.29) is 0 Å². The molecular weight excluding hydrogens is 216 g/mol. The van der Waals surface area contributed by atoms with Crippen LogP contribution in [-0.4, -0.2) is 32.0 Å². The van der Waals surface area contributed by atoms with Crippen LogP contribution in [0.15, 0.2) is 24.3 Å². The van der Waals surface area contributed by atoms with Gasteiger partial charge in [-0.05, 0) is 37.9 Å². The van der Waals surface area contributed by atoms with Crippen LogP contribution in [0.4, 0.5) is 0 Å². The molecule has 0 unspecified atom stereocenters. The van der Waals surface area contributed by atoms with E-state index in [4.69, 9.17) is 10.5 Å². The predicted octanol–water partition coefficient (Wildman–Crippen LogP) is 1.26. The van der Waals surface area contributed by atoms with Crippen molar-refractivity contribution in [3.8, 4) is 5.75 Å². The molecule has 4 heteroatoms. The zero-order valence-electron chi connectivity index (χ0n) is 10.4. The zero-order chi connectivity index (χ0) is 12.8. The minimum atomic E-state index is -0.449. The number of carbonyl (C=O) groups is 1. The number of ether oxygens (including phenoxy) is 1. The number of hydrogen-bond donors (Lipinski definition) is 1. The molecule has 0 heterocycles. The molecule has 0 bridgehead atoms. The SMILES string of the molecule is COc1ccc(/C=C\C(N)=O)cc1CN(C)C. The molecule has 0 aliphatic carbocycles. The van der Waals surface area contributed by atoms with Crippen LogP contribution in [0.5, 0.6) is 5.75 Å². The fraction of sp³-hybridized carbons (Fsp3) is 0.308. The molecule has 0 saturated carbocycles. The summed E-state index contributed by atoms with van der Waals surface area (Å²) in [7, 11) is 5.63. The van der Waals surface area contributed by atoms with Crippen LogP contribution in [-0.2, 0) is 11.3 Å². The first-order valence-corrected chi connectivity index (χ1v) is 5.32. The van der Waals surface area contributed by atoms with Crippen LogP contribution in [0.25, 0.3) is 6.08 Å². The number of nitrogens with two attached hydrogens (primary N) is 1. The number of carbonyl (C=O) groups excluding carboxylic acids is 1. The lowest BCUT2D eigenvalue weighted by Gasteiger charge is -2.14. The van der Waals surface area contributed by atoms with Crippen LogP contribution in [0.1, 0.15) is 11.1 Å². The van der Waals surface area contributed by atoms with Gasteiger partial charge in [0.2, 0.25) is 5.91 Å². The minimum Gasteiger partial charge on any atom is -0.496 e. The summed E-state index contributed by atoms with van der Waals surface area (Å²) in [6, 6.07) is 5.76. The van der Waals surface area contributed by atoms with Crippen LogP contribution in [0.2, 0.25) is 0 Å². The maximum Gasteiger partial charge on any atom is 0.241 e. The van der Waals surface area contributed by atoms with Gasteiger partial charge in [-0.1, -0.05) is 6.07 Å². The Balaban J connectivity index is 2.99. The van der Waals surface area contributed by atoms with Crippen LogP contribution < -0.4 is 10.5 Å². The monoisotopic (exact) mass is 234 g/mol. The van der Waals surface area contributed by atoms with Crippen LogP contribution in [0.3, 0.4) is 0 Å². The Hall–Kier alpha value is -1.81. The summed E-state index contributed by atoms with van der Waals surface area (Å²) < 4.78 is 5.28. The lowest BCUT2D eigenvalue weighted by Crippen LogP contribution is -2.11. The van der Waals surface area contributed by atoms with E-state index in [1.807, 2.05) is 32.3 Å². The summed E-state index contributed by atoms with van der Waals surface area (Å²) in [5.74, 6) is 0.393. The van der Waals surface area contributed by atoms with E-state index < -0.39 is 5.91 Å². The quantitative estimate of drug-likeness (QED) is 0.780. The maximum absolute atomic E-state index is 10.7. The molecule has 0 aliphatic rings. The summed E-state index contributed by atoms with van der Waals surface area (Å²) in [5, 5.41) is 0. The molecule has 1 rings (SSSR count). The highest BCUT2D eigenvalue weighted by atomic mass is 16.5. The summed E-state index contributed by atoms with van der Waals surface area (Å²) in [6.07, 6.45) is 3.04. The number of hydrogen-bond acceptors (Lipinski definition) is 3. The van der Waals surface area contributed by atoms with Gasteiger partial charge in [-0.25, -0.2) is 0 Å². The molecule has 0 fully saturated rings. The van der Waals surface area contributed by atoms with Gasteiger partial charge in [0.1, 0.15) is 5.75 Å². The van der Waals surface area contributed by atoms with Crippen molar-refractivity contribution < 1.29 is 9.53 Å². The predicted molar refractivity (Wildman–Crippen MR) is 68.6 cm³/mol. The minimum absolute atomic E-state index is 0.449. The first-order chi connectivity index (χ1) is 8.02. The smallest absolute Gasteiger partial charge is 0.241 e. The Morgan fingerprint density at radius 2 is 2.18 bits per heavy atom. The first-order valence-electron chi connectivity index (χ1n) is 5.32. The van der Waals surface area contributed by atoms with Gasteiger partial charge >= 0.3 is 0 Å². The number of methoxy groups -OCH3 is 1. The Morgan fingerprint density at radius 3 is 2.71 bits per heavy atom. The van der Waals surface area contributed by atoms with Gasteiger partial charge < -0.3 is 15.4 Å². The van der Waals surface area contributed by atoms with E-state index in [1.165, 1.54) is 6.08 Å². The summed E-state index contributed by atoms with van der Waals surface area (Å²) >= 11 is 0. The van der Waals surface area contributed by atoms with Crippen molar-refractivity contribution in [1.29, 1.82) is 0 Å². The number of primary amides is 1. The summed E-state index contributed by atoms with van der Waals surface area (Å²) in [5.41, 5.74) is 7.06. The topological polar surface area (TPSA) is 55.6 Å². The molecule has 0 radical (unpaired) electrons. The third kappa shape index (κ3) is 4.28. The van der Waals surface area contributed by atoms with Crippen molar-refractivity contribution in [2.75, 3.05) is 21.2 Å². The Labute approximate surface area is 102 Å². The van der Waals surface area contributed by atoms with Gasteiger partial charge in [0.05, 0.1) is 7.11 Å². The molecular formula is C13H18N2O2. The third-order valence-corrected chi connectivity index (χ3v) is 2.23. The highest BCUT2D eigenvalue weighted by Crippen LogP contribution is 2.21. The zero-order valence-corrected chi connectivity index (χ0v) is 10.4. The van der Waals surface area contributed by atoms with E-state index >= 15 is 0 Å². The molecule has 2 N–H and O–H groups in total. The normalized spacial score (nSPS) is 11.1. The van der Waals surface area contributed by atoms with Gasteiger partial charge in [-0.2, -0.15) is 0 Å². The van der Waals surface area contributed by atoms with Crippen LogP contribution >= 0.6 is 0 Å². The number of benzene rings is 1. The Bertz CT molecular complexity index is 425. The maximum atomic E-state index is 10.7. The van der Waals surface area contributed by atoms with Crippen molar-refractivity contribution in [2.24, 2.45) is 5.73 Å². The highest BCUT2D eigenvalue weighted by molar-refractivity contribution is 5.90. The van der Waals surface area contributed by atoms with Crippen molar-refractivity contribution in [3.63, 3.8) is 0 Å².